The summed E-state index contributed by atoms with van der Waals surface area (Å²) in [6.07, 6.45) is -11.4. The Hall–Kier alpha value is -0.870. The molecular formula is C20H32N4O14P2S2. The quantitative estimate of drug-likeness (QED) is 0.0932. The number of nitrogens with one attached hydrogen (secondary N) is 1. The van der Waals surface area contributed by atoms with E-state index in [1.54, 1.807) is 12.4 Å². The van der Waals surface area contributed by atoms with Gasteiger partial charge in [0.1, 0.15) is 42.7 Å². The number of thiophene rings is 1. The van der Waals surface area contributed by atoms with Crippen LogP contribution in [0.4, 0.5) is 5.82 Å². The van der Waals surface area contributed by atoms with Crippen LogP contribution in [0.25, 0.3) is 10.2 Å². The molecule has 42 heavy (non-hydrogen) atoms. The maximum Gasteiger partial charge on any atom is 0.482 e. The highest BCUT2D eigenvalue weighted by atomic mass is 32.7. The van der Waals surface area contributed by atoms with Crippen LogP contribution in [0.5, 0.6) is 0 Å². The lowest BCUT2D eigenvalue weighted by Crippen LogP contribution is -2.47. The monoisotopic (exact) mass is 678 g/mol. The second kappa shape index (κ2) is 13.6. The van der Waals surface area contributed by atoms with Crippen molar-refractivity contribution < 1.29 is 67.5 Å². The maximum absolute atomic E-state index is 12.9. The van der Waals surface area contributed by atoms with E-state index < -0.39 is 95.4 Å². The second-order valence-corrected chi connectivity index (χ2v) is 14.9. The van der Waals surface area contributed by atoms with Crippen LogP contribution in [-0.4, -0.2) is 121 Å². The van der Waals surface area contributed by atoms with Crippen molar-refractivity contribution in [2.75, 3.05) is 32.6 Å². The molecule has 10 N–H and O–H groups in total. The first-order valence-corrected chi connectivity index (χ1v) is 17.4. The summed E-state index contributed by atoms with van der Waals surface area (Å²) in [6.45, 7) is -6.68. The zero-order valence-corrected chi connectivity index (χ0v) is 25.3. The number of rotatable bonds is 11. The molecule has 238 valence electrons. The molecule has 7 unspecified atom stereocenters. The maximum atomic E-state index is 12.9. The van der Waals surface area contributed by atoms with Crippen molar-refractivity contribution in [3.63, 3.8) is 0 Å². The summed E-state index contributed by atoms with van der Waals surface area (Å²) in [5.41, 5.74) is 6.90. The SMILES string of the molecule is CN[C@H]1[C@@H](O)[C@H](c2csc3c(N)ncnc23)O[C@@H]1COP(=O)(S)OP(=O)(O)OC1OCC([C@@H](O)CO)C(O)C(O)C1O. The number of aliphatic hydroxyl groups is 6. The van der Waals surface area contributed by atoms with Crippen LogP contribution in [0.2, 0.25) is 0 Å². The predicted molar refractivity (Wildman–Crippen MR) is 147 cm³/mol. The van der Waals surface area contributed by atoms with Crippen LogP contribution in [0.1, 0.15) is 11.7 Å². The van der Waals surface area contributed by atoms with Gasteiger partial charge in [0.25, 0.3) is 0 Å². The third-order valence-corrected chi connectivity index (χ3v) is 11.5. The molecule has 2 aliphatic heterocycles. The summed E-state index contributed by atoms with van der Waals surface area (Å²) in [7, 11) is -3.86. The number of hydrogen-bond acceptors (Lipinski definition) is 18. The minimum Gasteiger partial charge on any atom is -0.394 e. The molecule has 0 spiro atoms. The number of thiol groups is 1. The number of aliphatic hydroxyl groups excluding tert-OH is 6. The summed E-state index contributed by atoms with van der Waals surface area (Å²) in [6, 6.07) is -0.765. The third-order valence-electron chi connectivity index (χ3n) is 6.85. The van der Waals surface area contributed by atoms with Gasteiger partial charge in [-0.05, 0) is 12.4 Å². The molecule has 0 aliphatic carbocycles. The first-order chi connectivity index (χ1) is 19.7. The van der Waals surface area contributed by atoms with Gasteiger partial charge in [-0.1, -0.05) is 12.2 Å². The fourth-order valence-corrected chi connectivity index (χ4v) is 8.81. The average Bonchev–Trinajstić information content (AvgIpc) is 3.47. The van der Waals surface area contributed by atoms with Crippen molar-refractivity contribution in [2.45, 2.75) is 55.1 Å². The Kier molecular flexibility index (Phi) is 11.0. The standard InChI is InChI=1S/C20H32N4O14P2S2/c1-22-12-10(36-17(14(12)28)8-5-42-18-11(8)23-6-24-19(18)21)4-35-40(33,41)38-39(31,32)37-20-16(30)15(29)13(27)7(3-34-20)9(26)2-25/h5-7,9-10,12-17,20,22,25-30H,2-4H2,1H3,(H,31,32)(H,33,41)(H2,21,23,24)/t7?,9-,10+,12+,13?,14+,15?,16?,17-,20?,40?/m0/s1. The van der Waals surface area contributed by atoms with Crippen molar-refractivity contribution >= 4 is 54.2 Å². The molecule has 2 saturated heterocycles. The number of hydrogen-bond donors (Lipinski definition) is 10. The van der Waals surface area contributed by atoms with E-state index in [2.05, 4.69) is 31.8 Å². The number of anilines is 1. The fraction of sp³-hybridized carbons (Fsp3) is 0.700. The van der Waals surface area contributed by atoms with Crippen LogP contribution in [0.15, 0.2) is 11.7 Å². The Morgan fingerprint density at radius 1 is 1.21 bits per heavy atom. The largest absolute Gasteiger partial charge is 0.482 e. The third kappa shape index (κ3) is 7.32. The molecule has 2 aromatic heterocycles. The topological polar surface area (TPSA) is 286 Å². The lowest BCUT2D eigenvalue weighted by atomic mass is 9.92. The lowest BCUT2D eigenvalue weighted by Gasteiger charge is -2.28. The summed E-state index contributed by atoms with van der Waals surface area (Å²) >= 11 is 4.96. The van der Waals surface area contributed by atoms with Gasteiger partial charge in [-0.3, -0.25) is 9.05 Å². The van der Waals surface area contributed by atoms with Crippen molar-refractivity contribution in [3.05, 3.63) is 17.3 Å². The van der Waals surface area contributed by atoms with Gasteiger partial charge in [0.15, 0.2) is 6.29 Å². The van der Waals surface area contributed by atoms with Gasteiger partial charge in [0.2, 0.25) is 0 Å². The van der Waals surface area contributed by atoms with Crippen LogP contribution in [-0.2, 0) is 32.0 Å². The van der Waals surface area contributed by atoms with Gasteiger partial charge in [0, 0.05) is 11.5 Å². The molecule has 18 nitrogen and oxygen atoms in total. The number of nitrogens with two attached hydrogens (primary N) is 1. The Labute approximate surface area is 247 Å². The summed E-state index contributed by atoms with van der Waals surface area (Å²) < 4.78 is 51.6. The smallest absolute Gasteiger partial charge is 0.394 e. The Balaban J connectivity index is 1.40. The lowest BCUT2D eigenvalue weighted by molar-refractivity contribution is -0.173. The number of phosphoric ester groups is 1. The van der Waals surface area contributed by atoms with E-state index in [-0.39, 0.29) is 5.82 Å². The Bertz CT molecular complexity index is 1330. The number of fused-ring (bicyclic) bond motifs is 1. The van der Waals surface area contributed by atoms with E-state index in [1.165, 1.54) is 17.7 Å². The molecule has 0 bridgehead atoms. The van der Waals surface area contributed by atoms with Crippen LogP contribution < -0.4 is 11.1 Å². The molecule has 0 amide bonds. The molecule has 12 atom stereocenters. The van der Waals surface area contributed by atoms with Crippen molar-refractivity contribution in [2.24, 2.45) is 5.92 Å². The van der Waals surface area contributed by atoms with Gasteiger partial charge >= 0.3 is 14.6 Å². The Morgan fingerprint density at radius 2 is 1.93 bits per heavy atom. The molecule has 22 heteroatoms. The first-order valence-electron chi connectivity index (χ1n) is 12.3. The number of phosphoric acid groups is 1. The average molecular weight is 679 g/mol. The number of aromatic nitrogens is 2. The van der Waals surface area contributed by atoms with Gasteiger partial charge in [0.05, 0.1) is 48.3 Å². The number of likely N-dealkylation sites (N-methyl/N-ethyl adjacent to an activating group) is 1. The fourth-order valence-electron chi connectivity index (χ4n) is 4.67. The van der Waals surface area contributed by atoms with E-state index in [0.29, 0.717) is 15.8 Å². The summed E-state index contributed by atoms with van der Waals surface area (Å²) in [4.78, 5) is 18.3. The first kappa shape index (κ1) is 34.0. The predicted octanol–water partition coefficient (Wildman–Crippen LogP) is -1.74. The second-order valence-electron chi connectivity index (χ2n) is 9.54. The van der Waals surface area contributed by atoms with E-state index in [0.717, 1.165) is 0 Å². The van der Waals surface area contributed by atoms with Gasteiger partial charge < -0.3 is 56.1 Å². The van der Waals surface area contributed by atoms with Crippen LogP contribution in [0.3, 0.4) is 0 Å². The number of nitrogens with zero attached hydrogens (tertiary/aromatic N) is 2. The van der Waals surface area contributed by atoms with E-state index in [1.807, 2.05) is 0 Å². The van der Waals surface area contributed by atoms with Crippen LogP contribution >= 0.6 is 38.2 Å². The molecule has 4 heterocycles. The minimum atomic E-state index is -5.40. The summed E-state index contributed by atoms with van der Waals surface area (Å²) in [5.74, 6) is -1.04. The normalized spacial score (nSPS) is 35.9. The van der Waals surface area contributed by atoms with E-state index in [9.17, 15) is 39.6 Å². The summed E-state index contributed by atoms with van der Waals surface area (Å²) in [5, 5.41) is 65.1. The van der Waals surface area contributed by atoms with Crippen molar-refractivity contribution in [1.29, 1.82) is 0 Å². The molecule has 2 aromatic rings. The molecule has 0 aromatic carbocycles. The molecular weight excluding hydrogens is 646 g/mol. The zero-order valence-electron chi connectivity index (χ0n) is 21.8. The molecule has 0 radical (unpaired) electrons. The van der Waals surface area contributed by atoms with Crippen LogP contribution in [0, 0.1) is 5.92 Å². The minimum absolute atomic E-state index is 0.257. The number of nitrogen functional groups attached to an aromatic ring is 1. The number of ether oxygens (including phenoxy) is 2. The zero-order chi connectivity index (χ0) is 31.0. The van der Waals surface area contributed by atoms with Crippen molar-refractivity contribution in [3.8, 4) is 0 Å². The highest BCUT2D eigenvalue weighted by Crippen LogP contribution is 2.66. The highest BCUT2D eigenvalue weighted by Gasteiger charge is 2.48. The van der Waals surface area contributed by atoms with Gasteiger partial charge in [-0.25, -0.2) is 19.1 Å². The Morgan fingerprint density at radius 3 is 2.60 bits per heavy atom. The molecule has 2 fully saturated rings. The molecule has 0 saturated carbocycles. The molecule has 4 rings (SSSR count). The molecule has 2 aliphatic rings. The highest BCUT2D eigenvalue weighted by molar-refractivity contribution is 8.45. The van der Waals surface area contributed by atoms with Gasteiger partial charge in [-0.15, -0.1) is 11.3 Å². The van der Waals surface area contributed by atoms with E-state index >= 15 is 0 Å². The van der Waals surface area contributed by atoms with Crippen molar-refractivity contribution in [1.82, 2.24) is 15.3 Å². The van der Waals surface area contributed by atoms with E-state index in [4.69, 9.17) is 29.4 Å². The van der Waals surface area contributed by atoms with Gasteiger partial charge in [-0.2, -0.15) is 4.31 Å².